The highest BCUT2D eigenvalue weighted by atomic mass is 79.9. The summed E-state index contributed by atoms with van der Waals surface area (Å²) in [6, 6.07) is 17.2. The van der Waals surface area contributed by atoms with Crippen molar-refractivity contribution in [3.05, 3.63) is 58.6 Å². The summed E-state index contributed by atoms with van der Waals surface area (Å²) in [5, 5.41) is 0. The van der Waals surface area contributed by atoms with Crippen LogP contribution in [0.1, 0.15) is 26.3 Å². The van der Waals surface area contributed by atoms with Crippen LogP contribution in [0.4, 0.5) is 0 Å². The topological polar surface area (TPSA) is 0 Å². The lowest BCUT2D eigenvalue weighted by atomic mass is 9.85. The van der Waals surface area contributed by atoms with Gasteiger partial charge in [-0.05, 0) is 34.2 Å². The van der Waals surface area contributed by atoms with Gasteiger partial charge in [-0.1, -0.05) is 73.1 Å². The van der Waals surface area contributed by atoms with Crippen molar-refractivity contribution in [3.63, 3.8) is 0 Å². The van der Waals surface area contributed by atoms with Crippen molar-refractivity contribution in [1.82, 2.24) is 0 Å². The van der Waals surface area contributed by atoms with E-state index >= 15 is 0 Å². The molecule has 0 N–H and O–H groups in total. The van der Waals surface area contributed by atoms with Gasteiger partial charge in [-0.15, -0.1) is 0 Å². The Balaban J connectivity index is 2.47. The highest BCUT2D eigenvalue weighted by molar-refractivity contribution is 9.10. The highest BCUT2D eigenvalue weighted by Gasteiger charge is 2.13. The molecule has 0 saturated carbocycles. The Hall–Kier alpha value is -1.08. The molecule has 2 aromatic rings. The molecule has 0 atom stereocenters. The predicted octanol–water partition coefficient (Wildman–Crippen LogP) is 5.41. The molecule has 1 heteroatoms. The van der Waals surface area contributed by atoms with Gasteiger partial charge in [0.15, 0.2) is 0 Å². The van der Waals surface area contributed by atoms with E-state index in [1.807, 2.05) is 0 Å². The summed E-state index contributed by atoms with van der Waals surface area (Å²) in [7, 11) is 0. The monoisotopic (exact) mass is 288 g/mol. The minimum absolute atomic E-state index is 0.196. The third kappa shape index (κ3) is 2.98. The molecule has 17 heavy (non-hydrogen) atoms. The molecular weight excluding hydrogens is 272 g/mol. The molecule has 0 fully saturated rings. The molecule has 0 unspecified atom stereocenters. The lowest BCUT2D eigenvalue weighted by Gasteiger charge is -2.19. The van der Waals surface area contributed by atoms with Crippen LogP contribution in [0.25, 0.3) is 11.1 Å². The maximum atomic E-state index is 3.52. The van der Waals surface area contributed by atoms with Gasteiger partial charge in [0.25, 0.3) is 0 Å². The van der Waals surface area contributed by atoms with Crippen LogP contribution in [-0.4, -0.2) is 0 Å². The zero-order valence-corrected chi connectivity index (χ0v) is 12.1. The first-order valence-corrected chi connectivity index (χ1v) is 6.62. The molecule has 2 rings (SSSR count). The smallest absolute Gasteiger partial charge is 0.0181 e. The fourth-order valence-electron chi connectivity index (χ4n) is 1.83. The molecule has 0 bridgehead atoms. The summed E-state index contributed by atoms with van der Waals surface area (Å²) in [4.78, 5) is 0. The molecule has 0 aromatic heterocycles. The fourth-order valence-corrected chi connectivity index (χ4v) is 2.23. The number of hydrogen-bond donors (Lipinski definition) is 0. The number of benzene rings is 2. The third-order valence-corrected chi connectivity index (χ3v) is 3.38. The standard InChI is InChI=1S/C16H17Br/c1-16(2,3)14-8-4-6-12(10-14)13-7-5-9-15(17)11-13/h4-11H,1-3H3. The van der Waals surface area contributed by atoms with Crippen molar-refractivity contribution in [2.45, 2.75) is 26.2 Å². The van der Waals surface area contributed by atoms with Crippen LogP contribution >= 0.6 is 15.9 Å². The average molecular weight is 289 g/mol. The molecule has 0 aliphatic heterocycles. The Morgan fingerprint density at radius 3 is 2.00 bits per heavy atom. The summed E-state index contributed by atoms with van der Waals surface area (Å²) >= 11 is 3.52. The van der Waals surface area contributed by atoms with Gasteiger partial charge in [0.05, 0.1) is 0 Å². The second-order valence-corrected chi connectivity index (χ2v) is 6.26. The fraction of sp³-hybridized carbons (Fsp3) is 0.250. The molecular formula is C16H17Br. The minimum atomic E-state index is 0.196. The quantitative estimate of drug-likeness (QED) is 0.658. The van der Waals surface area contributed by atoms with Crippen LogP contribution < -0.4 is 0 Å². The van der Waals surface area contributed by atoms with E-state index in [1.165, 1.54) is 16.7 Å². The Morgan fingerprint density at radius 1 is 0.824 bits per heavy atom. The highest BCUT2D eigenvalue weighted by Crippen LogP contribution is 2.28. The van der Waals surface area contributed by atoms with Gasteiger partial charge in [0.2, 0.25) is 0 Å². The molecule has 0 nitrogen and oxygen atoms in total. The van der Waals surface area contributed by atoms with E-state index < -0.39 is 0 Å². The second kappa shape index (κ2) is 4.66. The Morgan fingerprint density at radius 2 is 1.41 bits per heavy atom. The molecule has 88 valence electrons. The number of hydrogen-bond acceptors (Lipinski definition) is 0. The van der Waals surface area contributed by atoms with Gasteiger partial charge < -0.3 is 0 Å². The van der Waals surface area contributed by atoms with Gasteiger partial charge >= 0.3 is 0 Å². The van der Waals surface area contributed by atoms with Crippen LogP contribution in [0.15, 0.2) is 53.0 Å². The number of halogens is 1. The zero-order valence-electron chi connectivity index (χ0n) is 10.5. The zero-order chi connectivity index (χ0) is 12.5. The van der Waals surface area contributed by atoms with Crippen LogP contribution in [0.3, 0.4) is 0 Å². The maximum absolute atomic E-state index is 3.52. The van der Waals surface area contributed by atoms with Crippen LogP contribution in [0, 0.1) is 0 Å². The molecule has 0 aliphatic rings. The molecule has 0 aliphatic carbocycles. The van der Waals surface area contributed by atoms with Gasteiger partial charge in [0.1, 0.15) is 0 Å². The van der Waals surface area contributed by atoms with Gasteiger partial charge in [-0.3, -0.25) is 0 Å². The Kier molecular flexibility index (Phi) is 3.39. The van der Waals surface area contributed by atoms with Gasteiger partial charge in [0, 0.05) is 4.47 Å². The first-order valence-electron chi connectivity index (χ1n) is 5.83. The Bertz CT molecular complexity index is 521. The molecule has 0 saturated heterocycles. The van der Waals surface area contributed by atoms with E-state index in [9.17, 15) is 0 Å². The summed E-state index contributed by atoms with van der Waals surface area (Å²) in [5.74, 6) is 0. The third-order valence-electron chi connectivity index (χ3n) is 2.89. The Labute approximate surface area is 112 Å². The van der Waals surface area contributed by atoms with Crippen LogP contribution in [0.5, 0.6) is 0 Å². The molecule has 0 heterocycles. The second-order valence-electron chi connectivity index (χ2n) is 5.34. The summed E-state index contributed by atoms with van der Waals surface area (Å²) in [6.07, 6.45) is 0. The average Bonchev–Trinajstić information content (AvgIpc) is 2.28. The molecule has 0 spiro atoms. The van der Waals surface area contributed by atoms with Crippen molar-refractivity contribution >= 4 is 15.9 Å². The molecule has 0 radical (unpaired) electrons. The molecule has 2 aromatic carbocycles. The van der Waals surface area contributed by atoms with E-state index in [0.717, 1.165) is 4.47 Å². The SMILES string of the molecule is CC(C)(C)c1cccc(-c2cccc(Br)c2)c1. The first kappa shape index (κ1) is 12.4. The van der Waals surface area contributed by atoms with Crippen molar-refractivity contribution in [1.29, 1.82) is 0 Å². The molecule has 0 amide bonds. The van der Waals surface area contributed by atoms with Crippen LogP contribution in [0.2, 0.25) is 0 Å². The van der Waals surface area contributed by atoms with E-state index in [4.69, 9.17) is 0 Å². The van der Waals surface area contributed by atoms with E-state index in [0.29, 0.717) is 0 Å². The number of rotatable bonds is 1. The normalized spacial score (nSPS) is 11.5. The van der Waals surface area contributed by atoms with Gasteiger partial charge in [-0.25, -0.2) is 0 Å². The van der Waals surface area contributed by atoms with Crippen molar-refractivity contribution < 1.29 is 0 Å². The summed E-state index contributed by atoms with van der Waals surface area (Å²) in [6.45, 7) is 6.73. The summed E-state index contributed by atoms with van der Waals surface area (Å²) < 4.78 is 1.12. The first-order chi connectivity index (χ1) is 7.97. The van der Waals surface area contributed by atoms with E-state index in [1.54, 1.807) is 0 Å². The maximum Gasteiger partial charge on any atom is 0.0181 e. The predicted molar refractivity (Wildman–Crippen MR) is 78.3 cm³/mol. The van der Waals surface area contributed by atoms with Crippen molar-refractivity contribution in [3.8, 4) is 11.1 Å². The van der Waals surface area contributed by atoms with Gasteiger partial charge in [-0.2, -0.15) is 0 Å². The minimum Gasteiger partial charge on any atom is -0.0614 e. The largest absolute Gasteiger partial charge is 0.0614 e. The lowest BCUT2D eigenvalue weighted by molar-refractivity contribution is 0.590. The van der Waals surface area contributed by atoms with E-state index in [-0.39, 0.29) is 5.41 Å². The summed E-state index contributed by atoms with van der Waals surface area (Å²) in [5.41, 5.74) is 4.10. The van der Waals surface area contributed by atoms with E-state index in [2.05, 4.69) is 85.2 Å². The van der Waals surface area contributed by atoms with Crippen molar-refractivity contribution in [2.75, 3.05) is 0 Å². The van der Waals surface area contributed by atoms with Crippen LogP contribution in [-0.2, 0) is 5.41 Å². The van der Waals surface area contributed by atoms with Crippen molar-refractivity contribution in [2.24, 2.45) is 0 Å². The lowest BCUT2D eigenvalue weighted by Crippen LogP contribution is -2.10.